The van der Waals surface area contributed by atoms with Crippen LogP contribution in [0.1, 0.15) is 31.7 Å². The molecule has 0 aliphatic heterocycles. The number of nitrogens with zero attached hydrogens (tertiary/aromatic N) is 2. The van der Waals surface area contributed by atoms with Crippen molar-refractivity contribution in [3.8, 4) is 11.3 Å². The second-order valence-electron chi connectivity index (χ2n) is 4.79. The van der Waals surface area contributed by atoms with Crippen molar-refractivity contribution in [2.24, 2.45) is 0 Å². The normalized spacial score (nSPS) is 11.0. The zero-order valence-corrected chi connectivity index (χ0v) is 12.7. The standard InChI is InChI=1S/C16H18F2N2S/c1-2-3-4-5-12-6-8-13(9-7-12)14-10-11-15(20-19-14)21-16(17)18/h6-11,16H,2-5H2,1H3. The molecule has 0 radical (unpaired) electrons. The first kappa shape index (κ1) is 15.9. The largest absolute Gasteiger partial charge is 0.290 e. The third kappa shape index (κ3) is 5.08. The molecule has 112 valence electrons. The Bertz CT molecular complexity index is 541. The topological polar surface area (TPSA) is 25.8 Å². The van der Waals surface area contributed by atoms with Gasteiger partial charge in [0, 0.05) is 5.56 Å². The van der Waals surface area contributed by atoms with Crippen LogP contribution in [0.4, 0.5) is 8.78 Å². The molecule has 1 aromatic carbocycles. The SMILES string of the molecule is CCCCCc1ccc(-c2ccc(SC(F)F)nn2)cc1. The van der Waals surface area contributed by atoms with Crippen LogP contribution in [0.15, 0.2) is 41.4 Å². The first-order chi connectivity index (χ1) is 10.2. The Morgan fingerprint density at radius 1 is 1.00 bits per heavy atom. The molecule has 2 rings (SSSR count). The van der Waals surface area contributed by atoms with E-state index in [0.717, 1.165) is 12.0 Å². The van der Waals surface area contributed by atoms with Gasteiger partial charge in [0.25, 0.3) is 5.76 Å². The summed E-state index contributed by atoms with van der Waals surface area (Å²) in [6.07, 6.45) is 4.76. The summed E-state index contributed by atoms with van der Waals surface area (Å²) in [7, 11) is 0. The van der Waals surface area contributed by atoms with Crippen LogP contribution < -0.4 is 0 Å². The summed E-state index contributed by atoms with van der Waals surface area (Å²) in [6.45, 7) is 2.19. The first-order valence-electron chi connectivity index (χ1n) is 7.07. The van der Waals surface area contributed by atoms with Gasteiger partial charge in [-0.25, -0.2) is 0 Å². The van der Waals surface area contributed by atoms with Gasteiger partial charge < -0.3 is 0 Å². The molecule has 0 aliphatic carbocycles. The number of hydrogen-bond donors (Lipinski definition) is 0. The number of benzene rings is 1. The summed E-state index contributed by atoms with van der Waals surface area (Å²) in [5.41, 5.74) is 2.97. The van der Waals surface area contributed by atoms with E-state index in [4.69, 9.17) is 0 Å². The van der Waals surface area contributed by atoms with Crippen molar-refractivity contribution in [2.75, 3.05) is 0 Å². The molecular weight excluding hydrogens is 290 g/mol. The predicted octanol–water partition coefficient (Wildman–Crippen LogP) is 5.19. The van der Waals surface area contributed by atoms with Crippen molar-refractivity contribution >= 4 is 11.8 Å². The van der Waals surface area contributed by atoms with Crippen molar-refractivity contribution < 1.29 is 8.78 Å². The Balaban J connectivity index is 2.01. The highest BCUT2D eigenvalue weighted by Gasteiger charge is 2.07. The molecule has 1 heterocycles. The quantitative estimate of drug-likeness (QED) is 0.520. The Hall–Kier alpha value is -1.49. The molecule has 2 nitrogen and oxygen atoms in total. The predicted molar refractivity (Wildman–Crippen MR) is 82.6 cm³/mol. The number of halogens is 2. The minimum absolute atomic E-state index is 0.241. The first-order valence-corrected chi connectivity index (χ1v) is 7.95. The van der Waals surface area contributed by atoms with Crippen LogP contribution >= 0.6 is 11.8 Å². The van der Waals surface area contributed by atoms with E-state index >= 15 is 0 Å². The fourth-order valence-electron chi connectivity index (χ4n) is 2.05. The van der Waals surface area contributed by atoms with Gasteiger partial charge in [0.05, 0.1) is 5.69 Å². The highest BCUT2D eigenvalue weighted by Crippen LogP contribution is 2.24. The maximum atomic E-state index is 12.2. The zero-order valence-electron chi connectivity index (χ0n) is 11.9. The molecule has 0 amide bonds. The van der Waals surface area contributed by atoms with Gasteiger partial charge in [0.2, 0.25) is 0 Å². The van der Waals surface area contributed by atoms with Gasteiger partial charge in [-0.3, -0.25) is 0 Å². The van der Waals surface area contributed by atoms with Crippen molar-refractivity contribution in [3.63, 3.8) is 0 Å². The summed E-state index contributed by atoms with van der Waals surface area (Å²) < 4.78 is 24.4. The number of rotatable bonds is 7. The molecule has 0 saturated carbocycles. The van der Waals surface area contributed by atoms with Gasteiger partial charge >= 0.3 is 0 Å². The maximum absolute atomic E-state index is 12.2. The Morgan fingerprint density at radius 2 is 1.76 bits per heavy atom. The second kappa shape index (κ2) is 8.08. The smallest absolute Gasteiger partial charge is 0.198 e. The average molecular weight is 308 g/mol. The van der Waals surface area contributed by atoms with Gasteiger partial charge in [-0.05, 0) is 42.3 Å². The summed E-state index contributed by atoms with van der Waals surface area (Å²) >= 11 is 0.409. The van der Waals surface area contributed by atoms with Gasteiger partial charge in [0.1, 0.15) is 5.03 Å². The Morgan fingerprint density at radius 3 is 2.33 bits per heavy atom. The number of aromatic nitrogens is 2. The maximum Gasteiger partial charge on any atom is 0.290 e. The number of unbranched alkanes of at least 4 members (excludes halogenated alkanes) is 2. The Kier molecular flexibility index (Phi) is 6.11. The van der Waals surface area contributed by atoms with E-state index in [1.807, 2.05) is 12.1 Å². The lowest BCUT2D eigenvalue weighted by Gasteiger charge is -2.04. The van der Waals surface area contributed by atoms with E-state index in [1.165, 1.54) is 24.8 Å². The molecule has 0 N–H and O–H groups in total. The molecule has 5 heteroatoms. The number of thioether (sulfide) groups is 1. The van der Waals surface area contributed by atoms with Gasteiger partial charge in [-0.1, -0.05) is 44.0 Å². The van der Waals surface area contributed by atoms with Crippen LogP contribution in [0.2, 0.25) is 0 Å². The zero-order chi connectivity index (χ0) is 15.1. The van der Waals surface area contributed by atoms with E-state index < -0.39 is 5.76 Å². The van der Waals surface area contributed by atoms with E-state index in [-0.39, 0.29) is 5.03 Å². The van der Waals surface area contributed by atoms with Crippen LogP contribution in [-0.2, 0) is 6.42 Å². The Labute approximate surface area is 128 Å². The average Bonchev–Trinajstić information content (AvgIpc) is 2.49. The molecule has 2 aromatic rings. The number of hydrogen-bond acceptors (Lipinski definition) is 3. The minimum Gasteiger partial charge on any atom is -0.198 e. The van der Waals surface area contributed by atoms with Crippen LogP contribution in [0.25, 0.3) is 11.3 Å². The van der Waals surface area contributed by atoms with E-state index in [0.29, 0.717) is 17.5 Å². The van der Waals surface area contributed by atoms with Crippen molar-refractivity contribution in [1.29, 1.82) is 0 Å². The monoisotopic (exact) mass is 308 g/mol. The van der Waals surface area contributed by atoms with Crippen LogP contribution in [0, 0.1) is 0 Å². The van der Waals surface area contributed by atoms with Crippen LogP contribution in [0.3, 0.4) is 0 Å². The third-order valence-corrected chi connectivity index (χ3v) is 3.81. The van der Waals surface area contributed by atoms with E-state index in [2.05, 4.69) is 29.3 Å². The molecule has 0 bridgehead atoms. The molecule has 0 aliphatic rings. The number of aryl methyl sites for hydroxylation is 1. The lowest BCUT2D eigenvalue weighted by atomic mass is 10.0. The second-order valence-corrected chi connectivity index (χ2v) is 5.80. The molecule has 0 fully saturated rings. The summed E-state index contributed by atoms with van der Waals surface area (Å²) in [4.78, 5) is 0. The van der Waals surface area contributed by atoms with Crippen molar-refractivity contribution in [1.82, 2.24) is 10.2 Å². The van der Waals surface area contributed by atoms with Gasteiger partial charge in [-0.2, -0.15) is 8.78 Å². The number of alkyl halides is 2. The molecule has 0 unspecified atom stereocenters. The fraction of sp³-hybridized carbons (Fsp3) is 0.375. The lowest BCUT2D eigenvalue weighted by Crippen LogP contribution is -1.92. The van der Waals surface area contributed by atoms with E-state index in [9.17, 15) is 8.78 Å². The highest BCUT2D eigenvalue weighted by molar-refractivity contribution is 7.99. The molecule has 0 atom stereocenters. The highest BCUT2D eigenvalue weighted by atomic mass is 32.2. The van der Waals surface area contributed by atoms with Crippen molar-refractivity contribution in [3.05, 3.63) is 42.0 Å². The van der Waals surface area contributed by atoms with Crippen LogP contribution in [-0.4, -0.2) is 16.0 Å². The lowest BCUT2D eigenvalue weighted by molar-refractivity contribution is 0.252. The fourth-order valence-corrected chi connectivity index (χ4v) is 2.47. The molecule has 0 saturated heterocycles. The van der Waals surface area contributed by atoms with Crippen LogP contribution in [0.5, 0.6) is 0 Å². The van der Waals surface area contributed by atoms with E-state index in [1.54, 1.807) is 12.1 Å². The summed E-state index contributed by atoms with van der Waals surface area (Å²) in [6, 6.07) is 11.5. The molecule has 1 aromatic heterocycles. The summed E-state index contributed by atoms with van der Waals surface area (Å²) in [5, 5.41) is 8.05. The molecule has 0 spiro atoms. The van der Waals surface area contributed by atoms with Gasteiger partial charge in [0.15, 0.2) is 0 Å². The third-order valence-electron chi connectivity index (χ3n) is 3.17. The minimum atomic E-state index is -2.47. The van der Waals surface area contributed by atoms with Gasteiger partial charge in [-0.15, -0.1) is 10.2 Å². The van der Waals surface area contributed by atoms with Crippen molar-refractivity contribution in [2.45, 2.75) is 43.4 Å². The summed E-state index contributed by atoms with van der Waals surface area (Å²) in [5.74, 6) is -2.47. The molecular formula is C16H18F2N2S. The molecule has 21 heavy (non-hydrogen) atoms.